The van der Waals surface area contributed by atoms with E-state index in [1.54, 1.807) is 0 Å². The van der Waals surface area contributed by atoms with Gasteiger partial charge in [-0.15, -0.1) is 0 Å². The molecule has 30 heteroatoms. The van der Waals surface area contributed by atoms with Gasteiger partial charge in [0.05, 0.1) is 39.1 Å². The van der Waals surface area contributed by atoms with Crippen molar-refractivity contribution in [2.45, 2.75) is 167 Å². The first-order valence-corrected chi connectivity index (χ1v) is 22.2. The van der Waals surface area contributed by atoms with Crippen LogP contribution in [0.4, 0.5) is 0 Å². The van der Waals surface area contributed by atoms with Gasteiger partial charge in [0, 0.05) is 28.3 Å². The quantitative estimate of drug-likeness (QED) is 0.0422. The molecule has 29 nitrogen and oxygen atoms in total. The van der Waals surface area contributed by atoms with Crippen molar-refractivity contribution < 1.29 is 141 Å². The van der Waals surface area contributed by atoms with Gasteiger partial charge < -0.3 is 123 Å². The summed E-state index contributed by atoms with van der Waals surface area (Å²) in [6.45, 7) is -1.82. The van der Waals surface area contributed by atoms with Gasteiger partial charge in [0.2, 0.25) is 0 Å². The van der Waals surface area contributed by atoms with Crippen molar-refractivity contribution in [3.8, 4) is 0 Å². The lowest BCUT2D eigenvalue weighted by molar-refractivity contribution is -0.379. The lowest BCUT2D eigenvalue weighted by atomic mass is 9.94. The van der Waals surface area contributed by atoms with E-state index in [0.29, 0.717) is 0 Å². The Bertz CT molecular complexity index is 1550. The fraction of sp³-hybridized carbons (Fsp3) is 0.972. The van der Waals surface area contributed by atoms with Crippen molar-refractivity contribution in [2.75, 3.05) is 54.4 Å². The van der Waals surface area contributed by atoms with Gasteiger partial charge in [0.1, 0.15) is 116 Å². The molecule has 0 aliphatic carbocycles. The molecule has 0 bridgehead atoms. The number of ether oxygens (including phenoxy) is 12. The summed E-state index contributed by atoms with van der Waals surface area (Å²) in [4.78, 5) is 23.0. The fourth-order valence-corrected chi connectivity index (χ4v) is 9.57. The van der Waals surface area contributed by atoms with E-state index in [1.807, 2.05) is 0 Å². The summed E-state index contributed by atoms with van der Waals surface area (Å²) in [5.41, 5.74) is 0. The third kappa shape index (κ3) is 12.2. The highest BCUT2D eigenvalue weighted by Gasteiger charge is 2.57. The number of esters is 1. The van der Waals surface area contributed by atoms with Crippen molar-refractivity contribution >= 4 is 13.8 Å². The van der Waals surface area contributed by atoms with E-state index in [0.717, 1.165) is 14.0 Å². The van der Waals surface area contributed by atoms with Crippen LogP contribution in [0, 0.1) is 0 Å². The molecule has 26 atom stereocenters. The van der Waals surface area contributed by atoms with Crippen molar-refractivity contribution in [3.05, 3.63) is 0 Å². The molecule has 0 aromatic carbocycles. The zero-order valence-electron chi connectivity index (χ0n) is 36.3. The van der Waals surface area contributed by atoms with Crippen LogP contribution in [-0.2, 0) is 75.2 Å². The summed E-state index contributed by atoms with van der Waals surface area (Å²) < 4.78 is 90.4. The Labute approximate surface area is 376 Å². The first-order valence-electron chi connectivity index (χ1n) is 20.7. The molecule has 5 rings (SSSR count). The molecule has 0 saturated carbocycles. The Morgan fingerprint density at radius 3 is 1.45 bits per heavy atom. The Hall–Kier alpha value is -1.34. The van der Waals surface area contributed by atoms with E-state index in [4.69, 9.17) is 65.9 Å². The lowest BCUT2D eigenvalue weighted by Gasteiger charge is -2.49. The second-order valence-corrected chi connectivity index (χ2v) is 17.4. The third-order valence-corrected chi connectivity index (χ3v) is 12.8. The minimum Gasteiger partial charge on any atom is -0.454 e. The first-order chi connectivity index (χ1) is 31.2. The number of carbonyl (C=O) groups is 1. The molecule has 0 aromatic rings. The van der Waals surface area contributed by atoms with E-state index in [1.165, 1.54) is 21.1 Å². The van der Waals surface area contributed by atoms with Crippen LogP contribution in [-0.4, -0.2) is 280 Å². The van der Waals surface area contributed by atoms with Gasteiger partial charge in [0.25, 0.3) is 0 Å². The number of phosphoric acid groups is 1. The van der Waals surface area contributed by atoms with Crippen LogP contribution in [0.2, 0.25) is 0 Å². The van der Waals surface area contributed by atoms with Gasteiger partial charge in [0.15, 0.2) is 31.3 Å². The topological polar surface area (TPSA) is 426 Å². The molecule has 5 aliphatic heterocycles. The van der Waals surface area contributed by atoms with Crippen molar-refractivity contribution in [1.82, 2.24) is 0 Å². The molecule has 386 valence electrons. The standard InChI is InChI=1S/C36H63O29P/c1-11-26(64-66(50,51)65-31-16(9-40)58-33(54-5)21(45)20(31)44)24(48)29(15(8-39)56-11)62-35-23(47)19(43)30(63-36-32(57-12(2)41)25(49)28(53-4)14(7-38)60-36)17(61-35)10-55-34-22(46)18(42)27(52-3)13(6-37)59-34/h11,13-40,42-49H,6-10H2,1-5H3,(H,50,51). The molecule has 0 radical (unpaired) electrons. The molecule has 5 fully saturated rings. The minimum absolute atomic E-state index is 0.709. The molecule has 0 spiro atoms. The SMILES string of the molecule is COC1OC(CO)C(OP(=O)(O)OC2C(C)OC(CO)C(OC3OC(COC4OC(CO)C(OC)C(O)C4O)C(OC4OC(CO)C(OC)C(O)C4OC(C)=O)C(O)C3O)C2O)C(O)C1O. The van der Waals surface area contributed by atoms with E-state index in [2.05, 4.69) is 0 Å². The zero-order chi connectivity index (χ0) is 48.9. The minimum atomic E-state index is -5.45. The van der Waals surface area contributed by atoms with Gasteiger partial charge in [-0.05, 0) is 6.92 Å². The number of carbonyl (C=O) groups excluding carboxylic acids is 1. The van der Waals surface area contributed by atoms with E-state index < -0.39 is 200 Å². The molecule has 0 aromatic heterocycles. The van der Waals surface area contributed by atoms with E-state index in [9.17, 15) is 75.5 Å². The normalized spacial score (nSPS) is 47.8. The molecule has 5 saturated heterocycles. The largest absolute Gasteiger partial charge is 0.473 e. The first kappa shape index (κ1) is 55.6. The highest BCUT2D eigenvalue weighted by atomic mass is 31.2. The lowest BCUT2D eigenvalue weighted by Crippen LogP contribution is -2.67. The van der Waals surface area contributed by atoms with Crippen LogP contribution in [0.5, 0.6) is 0 Å². The molecular weight excluding hydrogens is 927 g/mol. The second-order valence-electron chi connectivity index (χ2n) is 16.1. The van der Waals surface area contributed by atoms with Crippen LogP contribution >= 0.6 is 7.82 Å². The maximum absolute atomic E-state index is 13.4. The highest BCUT2D eigenvalue weighted by Crippen LogP contribution is 2.50. The summed E-state index contributed by atoms with van der Waals surface area (Å²) in [5.74, 6) is -0.932. The van der Waals surface area contributed by atoms with E-state index >= 15 is 0 Å². The summed E-state index contributed by atoms with van der Waals surface area (Å²) in [7, 11) is -1.96. The maximum Gasteiger partial charge on any atom is 0.473 e. The zero-order valence-corrected chi connectivity index (χ0v) is 37.2. The number of hydrogen-bond donors (Lipinski definition) is 13. The molecule has 26 unspecified atom stereocenters. The summed E-state index contributed by atoms with van der Waals surface area (Å²) >= 11 is 0. The van der Waals surface area contributed by atoms with E-state index in [-0.39, 0.29) is 0 Å². The molecule has 0 amide bonds. The van der Waals surface area contributed by atoms with Crippen LogP contribution < -0.4 is 0 Å². The predicted octanol–water partition coefficient (Wildman–Crippen LogP) is -8.20. The van der Waals surface area contributed by atoms with Gasteiger partial charge in [-0.2, -0.15) is 0 Å². The Morgan fingerprint density at radius 1 is 0.485 bits per heavy atom. The van der Waals surface area contributed by atoms with Gasteiger partial charge >= 0.3 is 13.8 Å². The number of rotatable bonds is 19. The third-order valence-electron chi connectivity index (χ3n) is 11.7. The molecule has 13 N–H and O–H groups in total. The van der Waals surface area contributed by atoms with Gasteiger partial charge in [-0.25, -0.2) is 4.57 Å². The smallest absolute Gasteiger partial charge is 0.454 e. The van der Waals surface area contributed by atoms with Crippen LogP contribution in [0.15, 0.2) is 0 Å². The summed E-state index contributed by atoms with van der Waals surface area (Å²) in [6, 6.07) is 0. The Morgan fingerprint density at radius 2 is 0.894 bits per heavy atom. The molecule has 66 heavy (non-hydrogen) atoms. The number of hydrogen-bond acceptors (Lipinski definition) is 28. The molecule has 5 aliphatic rings. The monoisotopic (exact) mass is 990 g/mol. The average Bonchev–Trinajstić information content (AvgIpc) is 3.28. The fourth-order valence-electron chi connectivity index (χ4n) is 8.35. The van der Waals surface area contributed by atoms with Crippen molar-refractivity contribution in [3.63, 3.8) is 0 Å². The van der Waals surface area contributed by atoms with Crippen LogP contribution in [0.25, 0.3) is 0 Å². The number of aliphatic hydroxyl groups excluding tert-OH is 12. The molecular formula is C36H63O29P. The van der Waals surface area contributed by atoms with Crippen LogP contribution in [0.3, 0.4) is 0 Å². The predicted molar refractivity (Wildman–Crippen MR) is 205 cm³/mol. The summed E-state index contributed by atoms with van der Waals surface area (Å²) in [5, 5.41) is 129. The second kappa shape index (κ2) is 24.2. The van der Waals surface area contributed by atoms with Crippen molar-refractivity contribution in [1.29, 1.82) is 0 Å². The average molecular weight is 991 g/mol. The van der Waals surface area contributed by atoms with Gasteiger partial charge in [-0.3, -0.25) is 13.8 Å². The van der Waals surface area contributed by atoms with Crippen LogP contribution in [0.1, 0.15) is 13.8 Å². The number of methoxy groups -OCH3 is 3. The van der Waals surface area contributed by atoms with Crippen molar-refractivity contribution in [2.24, 2.45) is 0 Å². The number of phosphoric ester groups is 1. The Kier molecular flexibility index (Phi) is 20.4. The Balaban J connectivity index is 1.40. The van der Waals surface area contributed by atoms with Gasteiger partial charge in [-0.1, -0.05) is 0 Å². The number of aliphatic hydroxyl groups is 12. The molecule has 5 heterocycles. The summed E-state index contributed by atoms with van der Waals surface area (Å²) in [6.07, 6.45) is -42.9. The maximum atomic E-state index is 13.4. The highest BCUT2D eigenvalue weighted by molar-refractivity contribution is 7.47.